The molecule has 0 spiro atoms. The smallest absolute Gasteiger partial charge is 0.261 e. The van der Waals surface area contributed by atoms with Crippen molar-refractivity contribution in [3.05, 3.63) is 41.2 Å². The number of rotatable bonds is 3. The molecule has 1 N–H and O–H groups in total. The third-order valence-corrected chi connectivity index (χ3v) is 4.56. The lowest BCUT2D eigenvalue weighted by Gasteiger charge is -2.09. The molecule has 2 aromatic rings. The predicted octanol–water partition coefficient (Wildman–Crippen LogP) is 2.22. The highest BCUT2D eigenvalue weighted by Gasteiger charge is 2.15. The number of halogens is 1. The second-order valence-corrected chi connectivity index (χ2v) is 7.20. The minimum atomic E-state index is -3.78. The monoisotopic (exact) mass is 327 g/mol. The first kappa shape index (κ1) is 15.5. The quantitative estimate of drug-likeness (QED) is 0.876. The first-order valence-corrected chi connectivity index (χ1v) is 8.36. The number of nitrogens with one attached hydrogen (secondary N) is 1. The van der Waals surface area contributed by atoms with Crippen LogP contribution in [0.25, 0.3) is 0 Å². The summed E-state index contributed by atoms with van der Waals surface area (Å²) in [6.45, 7) is 3.48. The van der Waals surface area contributed by atoms with E-state index in [1.54, 1.807) is 25.6 Å². The van der Waals surface area contributed by atoms with E-state index in [9.17, 15) is 13.2 Å². The Balaban J connectivity index is 2.28. The maximum atomic E-state index is 12.2. The lowest BCUT2D eigenvalue weighted by atomic mass is 10.2. The van der Waals surface area contributed by atoms with Crippen LogP contribution in [0.4, 0.5) is 5.69 Å². The Kier molecular flexibility index (Phi) is 4.06. The van der Waals surface area contributed by atoms with Crippen LogP contribution >= 0.6 is 10.7 Å². The normalized spacial score (nSPS) is 11.4. The van der Waals surface area contributed by atoms with Gasteiger partial charge in [-0.2, -0.15) is 5.10 Å². The molecule has 0 saturated heterocycles. The Bertz CT molecular complexity index is 812. The highest BCUT2D eigenvalue weighted by Crippen LogP contribution is 2.22. The van der Waals surface area contributed by atoms with Gasteiger partial charge in [0, 0.05) is 29.1 Å². The van der Waals surface area contributed by atoms with Crippen molar-refractivity contribution in [3.8, 4) is 0 Å². The zero-order valence-corrected chi connectivity index (χ0v) is 13.3. The molecule has 0 aliphatic heterocycles. The second kappa shape index (κ2) is 5.50. The van der Waals surface area contributed by atoms with Crippen molar-refractivity contribution in [3.63, 3.8) is 0 Å². The molecule has 0 saturated carbocycles. The number of hydrogen-bond donors (Lipinski definition) is 1. The van der Waals surface area contributed by atoms with Gasteiger partial charge in [0.05, 0.1) is 16.7 Å². The molecule has 1 amide bonds. The van der Waals surface area contributed by atoms with Gasteiger partial charge in [-0.25, -0.2) is 8.42 Å². The summed E-state index contributed by atoms with van der Waals surface area (Å²) in [6, 6.07) is 4.27. The van der Waals surface area contributed by atoms with Crippen LogP contribution in [0.5, 0.6) is 0 Å². The summed E-state index contributed by atoms with van der Waals surface area (Å²) in [6.07, 6.45) is 1.48. The first-order valence-electron chi connectivity index (χ1n) is 6.05. The third kappa shape index (κ3) is 3.25. The zero-order chi connectivity index (χ0) is 15.8. The molecule has 0 unspecified atom stereocenters. The van der Waals surface area contributed by atoms with Crippen LogP contribution < -0.4 is 5.32 Å². The summed E-state index contributed by atoms with van der Waals surface area (Å²) >= 11 is 0. The van der Waals surface area contributed by atoms with Crippen molar-refractivity contribution < 1.29 is 13.2 Å². The van der Waals surface area contributed by atoms with Crippen molar-refractivity contribution in [2.45, 2.75) is 18.7 Å². The molecule has 112 valence electrons. The molecule has 2 rings (SSSR count). The largest absolute Gasteiger partial charge is 0.322 e. The number of carbonyl (C=O) groups is 1. The number of aryl methyl sites for hydroxylation is 2. The fourth-order valence-electron chi connectivity index (χ4n) is 1.84. The Labute approximate surface area is 127 Å². The first-order chi connectivity index (χ1) is 9.70. The third-order valence-electron chi connectivity index (χ3n) is 3.21. The molecule has 0 radical (unpaired) electrons. The van der Waals surface area contributed by atoms with E-state index in [2.05, 4.69) is 10.4 Å². The van der Waals surface area contributed by atoms with E-state index in [1.807, 2.05) is 0 Å². The number of benzene rings is 1. The topological polar surface area (TPSA) is 81.1 Å². The summed E-state index contributed by atoms with van der Waals surface area (Å²) in [5.41, 5.74) is 2.33. The van der Waals surface area contributed by atoms with Crippen molar-refractivity contribution in [1.82, 2.24) is 9.78 Å². The molecule has 21 heavy (non-hydrogen) atoms. The van der Waals surface area contributed by atoms with Gasteiger partial charge in [0.25, 0.3) is 15.0 Å². The van der Waals surface area contributed by atoms with E-state index in [4.69, 9.17) is 10.7 Å². The number of carbonyl (C=O) groups excluding carboxylic acids is 1. The zero-order valence-electron chi connectivity index (χ0n) is 11.7. The molecule has 8 heteroatoms. The Morgan fingerprint density at radius 1 is 1.33 bits per heavy atom. The molecule has 0 bridgehead atoms. The van der Waals surface area contributed by atoms with Crippen LogP contribution in [-0.4, -0.2) is 24.1 Å². The average Bonchev–Trinajstić information content (AvgIpc) is 2.71. The molecule has 0 aliphatic carbocycles. The average molecular weight is 328 g/mol. The summed E-state index contributed by atoms with van der Waals surface area (Å²) in [7, 11) is 3.25. The number of hydrogen-bond acceptors (Lipinski definition) is 4. The van der Waals surface area contributed by atoms with E-state index in [1.165, 1.54) is 24.4 Å². The highest BCUT2D eigenvalue weighted by molar-refractivity contribution is 8.13. The summed E-state index contributed by atoms with van der Waals surface area (Å²) < 4.78 is 24.1. The molecule has 1 aromatic heterocycles. The van der Waals surface area contributed by atoms with E-state index >= 15 is 0 Å². The van der Waals surface area contributed by atoms with Crippen LogP contribution in [0.3, 0.4) is 0 Å². The number of amides is 1. The maximum absolute atomic E-state index is 12.2. The van der Waals surface area contributed by atoms with Gasteiger partial charge in [0.1, 0.15) is 0 Å². The van der Waals surface area contributed by atoms with E-state index in [0.717, 1.165) is 5.69 Å². The lowest BCUT2D eigenvalue weighted by Crippen LogP contribution is -2.14. The molecule has 0 aliphatic rings. The lowest BCUT2D eigenvalue weighted by molar-refractivity contribution is 0.102. The van der Waals surface area contributed by atoms with E-state index < -0.39 is 9.05 Å². The van der Waals surface area contributed by atoms with E-state index in [-0.39, 0.29) is 10.8 Å². The Morgan fingerprint density at radius 3 is 2.48 bits per heavy atom. The van der Waals surface area contributed by atoms with E-state index in [0.29, 0.717) is 16.8 Å². The molecule has 1 aromatic carbocycles. The number of aromatic nitrogens is 2. The molecule has 0 fully saturated rings. The number of nitrogens with zero attached hydrogens (tertiary/aromatic N) is 2. The Morgan fingerprint density at radius 2 is 2.00 bits per heavy atom. The van der Waals surface area contributed by atoms with Crippen molar-refractivity contribution >= 4 is 31.3 Å². The van der Waals surface area contributed by atoms with Gasteiger partial charge in [-0.1, -0.05) is 0 Å². The minimum absolute atomic E-state index is 0.00257. The summed E-state index contributed by atoms with van der Waals surface area (Å²) in [5.74, 6) is -0.301. The number of anilines is 1. The molecule has 6 nitrogen and oxygen atoms in total. The van der Waals surface area contributed by atoms with Crippen LogP contribution in [0.15, 0.2) is 29.3 Å². The minimum Gasteiger partial charge on any atom is -0.322 e. The second-order valence-electron chi connectivity index (χ2n) is 4.64. The molecular weight excluding hydrogens is 314 g/mol. The van der Waals surface area contributed by atoms with Gasteiger partial charge < -0.3 is 5.32 Å². The molecule has 0 atom stereocenters. The van der Waals surface area contributed by atoms with Crippen LogP contribution in [0.1, 0.15) is 21.6 Å². The van der Waals surface area contributed by atoms with Gasteiger partial charge in [-0.05, 0) is 37.6 Å². The fourth-order valence-corrected chi connectivity index (χ4v) is 2.68. The van der Waals surface area contributed by atoms with Gasteiger partial charge >= 0.3 is 0 Å². The van der Waals surface area contributed by atoms with Crippen LogP contribution in [0.2, 0.25) is 0 Å². The molecular formula is C13H14ClN3O3S. The highest BCUT2D eigenvalue weighted by atomic mass is 35.7. The van der Waals surface area contributed by atoms with Crippen molar-refractivity contribution in [2.24, 2.45) is 7.05 Å². The van der Waals surface area contributed by atoms with Gasteiger partial charge in [-0.15, -0.1) is 0 Å². The maximum Gasteiger partial charge on any atom is 0.261 e. The van der Waals surface area contributed by atoms with Crippen LogP contribution in [0, 0.1) is 13.8 Å². The van der Waals surface area contributed by atoms with Crippen LogP contribution in [-0.2, 0) is 16.1 Å². The predicted molar refractivity (Wildman–Crippen MR) is 80.1 cm³/mol. The van der Waals surface area contributed by atoms with Crippen molar-refractivity contribution in [1.29, 1.82) is 0 Å². The fraction of sp³-hybridized carbons (Fsp3) is 0.231. The SMILES string of the molecule is Cc1cc(S(=O)(=O)Cl)ccc1NC(=O)c1cnn(C)c1C. The van der Waals surface area contributed by atoms with Gasteiger partial charge in [0.15, 0.2) is 0 Å². The molecule has 1 heterocycles. The Hall–Kier alpha value is -1.86. The van der Waals surface area contributed by atoms with Gasteiger partial charge in [0.2, 0.25) is 0 Å². The summed E-state index contributed by atoms with van der Waals surface area (Å²) in [5, 5.41) is 6.74. The van der Waals surface area contributed by atoms with Crippen molar-refractivity contribution in [2.75, 3.05) is 5.32 Å². The summed E-state index contributed by atoms with van der Waals surface area (Å²) in [4.78, 5) is 12.2. The standard InChI is InChI=1S/C13H14ClN3O3S/c1-8-6-10(21(14,19)20)4-5-12(8)16-13(18)11-7-15-17(3)9(11)2/h4-7H,1-3H3,(H,16,18). The van der Waals surface area contributed by atoms with Gasteiger partial charge in [-0.3, -0.25) is 9.48 Å².